The van der Waals surface area contributed by atoms with Crippen molar-refractivity contribution in [3.8, 4) is 11.8 Å². The maximum absolute atomic E-state index is 6.34. The van der Waals surface area contributed by atoms with Gasteiger partial charge in [0.15, 0.2) is 0 Å². The van der Waals surface area contributed by atoms with Crippen LogP contribution in [0.4, 0.5) is 0 Å². The molecule has 0 aromatic carbocycles. The SMILES string of the molecule is CC(/C=C/C=C(C)/C=C/[C@H]1C(C)(C)[C@@H]2CC[C@@]1(C)O2)=C\C#C/C=C(C)/C=C/C=C(C)/C=C/[C@H]1C(C)(C)[C@@H]2CC[C@@]1(C)O2. The Bertz CT molecular complexity index is 1220. The molecule has 4 fully saturated rings. The first-order valence-electron chi connectivity index (χ1n) is 15.9. The number of fused-ring (bicyclic) bond motifs is 4. The second-order valence-corrected chi connectivity index (χ2v) is 14.8. The summed E-state index contributed by atoms with van der Waals surface area (Å²) < 4.78 is 12.7. The molecule has 4 aliphatic heterocycles. The number of hydrogen-bond donors (Lipinski definition) is 0. The molecule has 4 saturated heterocycles. The summed E-state index contributed by atoms with van der Waals surface area (Å²) in [7, 11) is 0. The molecule has 4 aliphatic rings. The molecule has 226 valence electrons. The molecular weight excluding hydrogens is 512 g/mol. The normalized spacial score (nSPS) is 36.3. The highest BCUT2D eigenvalue weighted by Crippen LogP contribution is 2.59. The Morgan fingerprint density at radius 3 is 1.29 bits per heavy atom. The van der Waals surface area contributed by atoms with Gasteiger partial charge in [0.2, 0.25) is 0 Å². The van der Waals surface area contributed by atoms with Gasteiger partial charge in [0.1, 0.15) is 0 Å². The van der Waals surface area contributed by atoms with Crippen LogP contribution in [0.25, 0.3) is 0 Å². The van der Waals surface area contributed by atoms with Crippen LogP contribution in [0.3, 0.4) is 0 Å². The largest absolute Gasteiger partial charge is 0.371 e. The van der Waals surface area contributed by atoms with Gasteiger partial charge in [-0.15, -0.1) is 0 Å². The first-order valence-corrected chi connectivity index (χ1v) is 15.9. The van der Waals surface area contributed by atoms with Gasteiger partial charge < -0.3 is 9.47 Å². The van der Waals surface area contributed by atoms with E-state index in [1.165, 1.54) is 36.8 Å². The average Bonchev–Trinajstić information content (AvgIpc) is 3.59. The number of allylic oxidation sites excluding steroid dienone is 14. The van der Waals surface area contributed by atoms with Gasteiger partial charge in [0.25, 0.3) is 0 Å². The third-order valence-electron chi connectivity index (χ3n) is 10.4. The predicted molar refractivity (Wildman–Crippen MR) is 179 cm³/mol. The Kier molecular flexibility index (Phi) is 9.66. The van der Waals surface area contributed by atoms with Gasteiger partial charge in [0, 0.05) is 11.8 Å². The van der Waals surface area contributed by atoms with E-state index in [-0.39, 0.29) is 22.0 Å². The summed E-state index contributed by atoms with van der Waals surface area (Å²) in [6.45, 7) is 22.5. The van der Waals surface area contributed by atoms with Crippen molar-refractivity contribution >= 4 is 0 Å². The Balaban J connectivity index is 1.25. The highest BCUT2D eigenvalue weighted by Gasteiger charge is 2.60. The summed E-state index contributed by atoms with van der Waals surface area (Å²) >= 11 is 0. The lowest BCUT2D eigenvalue weighted by molar-refractivity contribution is 0.0116. The highest BCUT2D eigenvalue weighted by molar-refractivity contribution is 5.36. The van der Waals surface area contributed by atoms with Gasteiger partial charge in [-0.25, -0.2) is 0 Å². The average molecular weight is 567 g/mol. The van der Waals surface area contributed by atoms with Gasteiger partial charge in [-0.05, 0) is 101 Å². The zero-order chi connectivity index (χ0) is 30.8. The Labute approximate surface area is 257 Å². The maximum atomic E-state index is 6.34. The fourth-order valence-corrected chi connectivity index (χ4v) is 7.82. The summed E-state index contributed by atoms with van der Waals surface area (Å²) in [5.74, 6) is 7.24. The van der Waals surface area contributed by atoms with Crippen LogP contribution in [0, 0.1) is 34.5 Å². The molecule has 4 bridgehead atoms. The summed E-state index contributed by atoms with van der Waals surface area (Å²) in [6.07, 6.45) is 31.5. The van der Waals surface area contributed by atoms with Crippen LogP contribution in [-0.4, -0.2) is 23.4 Å². The molecule has 0 spiro atoms. The number of ether oxygens (including phenoxy) is 2. The van der Waals surface area contributed by atoms with Crippen molar-refractivity contribution in [1.29, 1.82) is 0 Å². The highest BCUT2D eigenvalue weighted by atomic mass is 16.5. The van der Waals surface area contributed by atoms with E-state index in [1.54, 1.807) is 0 Å². The van der Waals surface area contributed by atoms with Crippen LogP contribution in [0.1, 0.15) is 94.9 Å². The van der Waals surface area contributed by atoms with Gasteiger partial charge in [0.05, 0.1) is 23.4 Å². The summed E-state index contributed by atoms with van der Waals surface area (Å²) in [4.78, 5) is 0. The Morgan fingerprint density at radius 1 is 0.571 bits per heavy atom. The summed E-state index contributed by atoms with van der Waals surface area (Å²) in [5.41, 5.74) is 5.16. The molecule has 0 aliphatic carbocycles. The van der Waals surface area contributed by atoms with Gasteiger partial charge >= 0.3 is 0 Å². The summed E-state index contributed by atoms with van der Waals surface area (Å²) in [5, 5.41) is 0. The first-order chi connectivity index (χ1) is 19.7. The molecule has 0 saturated carbocycles. The molecule has 0 radical (unpaired) electrons. The lowest BCUT2D eigenvalue weighted by atomic mass is 9.64. The lowest BCUT2D eigenvalue weighted by Gasteiger charge is -2.37. The smallest absolute Gasteiger partial charge is 0.0728 e. The molecule has 4 rings (SSSR count). The van der Waals surface area contributed by atoms with Crippen molar-refractivity contribution in [2.75, 3.05) is 0 Å². The minimum Gasteiger partial charge on any atom is -0.371 e. The minimum absolute atomic E-state index is 0.00467. The molecule has 6 atom stereocenters. The van der Waals surface area contributed by atoms with Crippen molar-refractivity contribution in [2.45, 2.75) is 118 Å². The van der Waals surface area contributed by atoms with Gasteiger partial charge in [-0.1, -0.05) is 111 Å². The van der Waals surface area contributed by atoms with E-state index in [1.807, 2.05) is 12.2 Å². The van der Waals surface area contributed by atoms with Crippen molar-refractivity contribution in [2.24, 2.45) is 22.7 Å². The number of rotatable bonds is 8. The van der Waals surface area contributed by atoms with E-state index in [0.717, 1.165) is 11.1 Å². The monoisotopic (exact) mass is 566 g/mol. The van der Waals surface area contributed by atoms with Crippen LogP contribution < -0.4 is 0 Å². The zero-order valence-electron chi connectivity index (χ0n) is 27.9. The van der Waals surface area contributed by atoms with Crippen LogP contribution in [0.15, 0.2) is 95.2 Å². The van der Waals surface area contributed by atoms with E-state index in [4.69, 9.17) is 9.47 Å². The second-order valence-electron chi connectivity index (χ2n) is 14.8. The quantitative estimate of drug-likeness (QED) is 0.215. The van der Waals surface area contributed by atoms with Crippen molar-refractivity contribution in [1.82, 2.24) is 0 Å². The molecule has 0 unspecified atom stereocenters. The summed E-state index contributed by atoms with van der Waals surface area (Å²) in [6, 6.07) is 0. The molecule has 4 heterocycles. The van der Waals surface area contributed by atoms with Crippen LogP contribution in [0.5, 0.6) is 0 Å². The molecule has 0 amide bonds. The molecule has 2 heteroatoms. The van der Waals surface area contributed by atoms with Gasteiger partial charge in [-0.3, -0.25) is 0 Å². The molecule has 42 heavy (non-hydrogen) atoms. The molecule has 0 aromatic rings. The minimum atomic E-state index is -0.00467. The zero-order valence-corrected chi connectivity index (χ0v) is 27.9. The van der Waals surface area contributed by atoms with Crippen molar-refractivity contribution < 1.29 is 9.47 Å². The fourth-order valence-electron chi connectivity index (χ4n) is 7.82. The van der Waals surface area contributed by atoms with Crippen molar-refractivity contribution in [3.63, 3.8) is 0 Å². The standard InChI is InChI=1S/C40H54O2/c1-29(17-13-19-31(3)21-23-33-37(5,6)35-25-27-39(33,9)41-35)15-11-12-16-30(2)18-14-20-32(4)22-24-34-38(7,8)36-26-28-40(34,10)42-36/h13-24,33-36H,25-28H2,1-10H3/b17-13+,18-14+,23-21+,24-22+,29-15+,30-16+,31-19+,32-20+/t33-,34-,35-,36-,39+,40+/m0/s1. The topological polar surface area (TPSA) is 18.5 Å². The molecular formula is C40H54O2. The third-order valence-corrected chi connectivity index (χ3v) is 10.4. The van der Waals surface area contributed by atoms with E-state index in [2.05, 4.69) is 142 Å². The Morgan fingerprint density at radius 2 is 0.952 bits per heavy atom. The molecule has 0 aromatic heterocycles. The fraction of sp³-hybridized carbons (Fsp3) is 0.550. The van der Waals surface area contributed by atoms with E-state index < -0.39 is 0 Å². The third kappa shape index (κ3) is 6.96. The van der Waals surface area contributed by atoms with Crippen LogP contribution in [-0.2, 0) is 9.47 Å². The van der Waals surface area contributed by atoms with Gasteiger partial charge in [-0.2, -0.15) is 0 Å². The maximum Gasteiger partial charge on any atom is 0.0728 e. The van der Waals surface area contributed by atoms with E-state index in [0.29, 0.717) is 24.0 Å². The second kappa shape index (κ2) is 12.6. The Hall–Kier alpha value is -2.60. The van der Waals surface area contributed by atoms with Crippen LogP contribution in [0.2, 0.25) is 0 Å². The van der Waals surface area contributed by atoms with E-state index >= 15 is 0 Å². The van der Waals surface area contributed by atoms with Crippen molar-refractivity contribution in [3.05, 3.63) is 95.2 Å². The first kappa shape index (κ1) is 32.3. The lowest BCUT2D eigenvalue weighted by Crippen LogP contribution is -2.39. The number of hydrogen-bond acceptors (Lipinski definition) is 2. The van der Waals surface area contributed by atoms with Crippen LogP contribution >= 0.6 is 0 Å². The molecule has 2 nitrogen and oxygen atoms in total. The van der Waals surface area contributed by atoms with E-state index in [9.17, 15) is 0 Å². The molecule has 0 N–H and O–H groups in total. The predicted octanol–water partition coefficient (Wildman–Crippen LogP) is 10.2.